The molecule has 7 heteroatoms. The fourth-order valence-electron chi connectivity index (χ4n) is 3.10. The maximum Gasteiger partial charge on any atom is 0.246 e. The van der Waals surface area contributed by atoms with Crippen molar-refractivity contribution in [2.75, 3.05) is 22.1 Å². The van der Waals surface area contributed by atoms with Gasteiger partial charge in [0.25, 0.3) is 0 Å². The molecule has 0 radical (unpaired) electrons. The van der Waals surface area contributed by atoms with E-state index in [2.05, 4.69) is 10.6 Å². The monoisotopic (exact) mass is 373 g/mol. The summed E-state index contributed by atoms with van der Waals surface area (Å²) in [6.07, 6.45) is 1.42. The van der Waals surface area contributed by atoms with Gasteiger partial charge in [-0.05, 0) is 56.2 Å². The second kappa shape index (κ2) is 7.73. The van der Waals surface area contributed by atoms with Crippen LogP contribution >= 0.6 is 0 Å². The summed E-state index contributed by atoms with van der Waals surface area (Å²) >= 11 is 0. The Labute approximate surface area is 156 Å². The molecular formula is C20H21F2N3O2. The van der Waals surface area contributed by atoms with Gasteiger partial charge in [-0.3, -0.25) is 9.59 Å². The van der Waals surface area contributed by atoms with Crippen LogP contribution in [0.2, 0.25) is 0 Å². The van der Waals surface area contributed by atoms with E-state index in [9.17, 15) is 18.4 Å². The van der Waals surface area contributed by atoms with Gasteiger partial charge in [-0.15, -0.1) is 0 Å². The summed E-state index contributed by atoms with van der Waals surface area (Å²) in [5, 5.41) is 5.41. The average Bonchev–Trinajstić information content (AvgIpc) is 3.04. The number of benzene rings is 2. The number of anilines is 3. The molecule has 0 aromatic heterocycles. The number of rotatable bonds is 5. The van der Waals surface area contributed by atoms with Crippen molar-refractivity contribution in [3.05, 3.63) is 53.6 Å². The standard InChI is InChI=1S/C20H21F2N3O2/c1-12-10-15(6-8-18(12)25-9-3-4-19(25)26)23-13(2)20(27)24-17-11-14(21)5-7-16(17)22/h5-8,10-11,13,23H,3-4,9H2,1-2H3,(H,24,27). The Morgan fingerprint density at radius 2 is 1.96 bits per heavy atom. The van der Waals surface area contributed by atoms with Crippen molar-refractivity contribution in [3.63, 3.8) is 0 Å². The number of nitrogens with one attached hydrogen (secondary N) is 2. The molecule has 2 aromatic rings. The van der Waals surface area contributed by atoms with Crippen LogP contribution in [0.5, 0.6) is 0 Å². The van der Waals surface area contributed by atoms with Crippen LogP contribution < -0.4 is 15.5 Å². The van der Waals surface area contributed by atoms with Crippen molar-refractivity contribution >= 4 is 28.9 Å². The van der Waals surface area contributed by atoms with Crippen LogP contribution in [-0.4, -0.2) is 24.4 Å². The van der Waals surface area contributed by atoms with Crippen LogP contribution in [0.15, 0.2) is 36.4 Å². The first-order chi connectivity index (χ1) is 12.8. The summed E-state index contributed by atoms with van der Waals surface area (Å²) in [5.74, 6) is -1.71. The summed E-state index contributed by atoms with van der Waals surface area (Å²) in [6.45, 7) is 4.24. The SMILES string of the molecule is Cc1cc(NC(C)C(=O)Nc2cc(F)ccc2F)ccc1N1CCCC1=O. The van der Waals surface area contributed by atoms with Gasteiger partial charge in [0.15, 0.2) is 0 Å². The fourth-order valence-corrected chi connectivity index (χ4v) is 3.10. The first-order valence-corrected chi connectivity index (χ1v) is 8.78. The molecular weight excluding hydrogens is 352 g/mol. The largest absolute Gasteiger partial charge is 0.374 e. The maximum absolute atomic E-state index is 13.7. The summed E-state index contributed by atoms with van der Waals surface area (Å²) in [7, 11) is 0. The molecule has 2 amide bonds. The molecule has 1 aliphatic rings. The second-order valence-corrected chi connectivity index (χ2v) is 6.63. The van der Waals surface area contributed by atoms with E-state index in [0.29, 0.717) is 18.7 Å². The van der Waals surface area contributed by atoms with Gasteiger partial charge in [0.05, 0.1) is 5.69 Å². The van der Waals surface area contributed by atoms with E-state index in [-0.39, 0.29) is 11.6 Å². The molecule has 1 aliphatic heterocycles. The average molecular weight is 373 g/mol. The van der Waals surface area contributed by atoms with Gasteiger partial charge in [0, 0.05) is 30.4 Å². The second-order valence-electron chi connectivity index (χ2n) is 6.63. The zero-order valence-electron chi connectivity index (χ0n) is 15.2. The highest BCUT2D eigenvalue weighted by atomic mass is 19.1. The number of nitrogens with zero attached hydrogens (tertiary/aromatic N) is 1. The third-order valence-corrected chi connectivity index (χ3v) is 4.52. The molecule has 0 saturated carbocycles. The molecule has 5 nitrogen and oxygen atoms in total. The minimum absolute atomic E-state index is 0.115. The van der Waals surface area contributed by atoms with Crippen LogP contribution in [0.4, 0.5) is 25.8 Å². The molecule has 0 spiro atoms. The van der Waals surface area contributed by atoms with Crippen molar-refractivity contribution in [3.8, 4) is 0 Å². The van der Waals surface area contributed by atoms with E-state index in [1.165, 1.54) is 0 Å². The maximum atomic E-state index is 13.7. The summed E-state index contributed by atoms with van der Waals surface area (Å²) < 4.78 is 26.9. The normalized spacial score (nSPS) is 15.0. The predicted octanol–water partition coefficient (Wildman–Crippen LogP) is 3.84. The number of amides is 2. The van der Waals surface area contributed by atoms with E-state index < -0.39 is 23.6 Å². The van der Waals surface area contributed by atoms with Crippen LogP contribution in [-0.2, 0) is 9.59 Å². The lowest BCUT2D eigenvalue weighted by atomic mass is 10.1. The molecule has 2 aromatic carbocycles. The van der Waals surface area contributed by atoms with Crippen LogP contribution in [0.25, 0.3) is 0 Å². The quantitative estimate of drug-likeness (QED) is 0.837. The number of carbonyl (C=O) groups excluding carboxylic acids is 2. The minimum Gasteiger partial charge on any atom is -0.374 e. The number of carbonyl (C=O) groups is 2. The Morgan fingerprint density at radius 3 is 2.63 bits per heavy atom. The van der Waals surface area contributed by atoms with Crippen LogP contribution in [0, 0.1) is 18.6 Å². The van der Waals surface area contributed by atoms with Gasteiger partial charge >= 0.3 is 0 Å². The van der Waals surface area contributed by atoms with Crippen LogP contribution in [0.1, 0.15) is 25.3 Å². The molecule has 1 fully saturated rings. The number of aryl methyl sites for hydroxylation is 1. The Kier molecular flexibility index (Phi) is 5.39. The Bertz CT molecular complexity index is 886. The van der Waals surface area contributed by atoms with E-state index in [1.807, 2.05) is 19.1 Å². The Hall–Kier alpha value is -2.96. The highest BCUT2D eigenvalue weighted by Gasteiger charge is 2.23. The molecule has 27 heavy (non-hydrogen) atoms. The molecule has 1 saturated heterocycles. The third kappa shape index (κ3) is 4.24. The summed E-state index contributed by atoms with van der Waals surface area (Å²) in [5.41, 5.74) is 2.28. The van der Waals surface area contributed by atoms with Crippen LogP contribution in [0.3, 0.4) is 0 Å². The highest BCUT2D eigenvalue weighted by molar-refractivity contribution is 5.97. The van der Waals surface area contributed by atoms with Gasteiger partial charge in [0.2, 0.25) is 11.8 Å². The minimum atomic E-state index is -0.701. The molecule has 0 bridgehead atoms. The smallest absolute Gasteiger partial charge is 0.246 e. The number of hydrogen-bond donors (Lipinski definition) is 2. The predicted molar refractivity (Wildman–Crippen MR) is 101 cm³/mol. The summed E-state index contributed by atoms with van der Waals surface area (Å²) in [4.78, 5) is 25.9. The zero-order chi connectivity index (χ0) is 19.6. The summed E-state index contributed by atoms with van der Waals surface area (Å²) in [6, 6.07) is 7.70. The first-order valence-electron chi connectivity index (χ1n) is 8.78. The number of halogens is 2. The van der Waals surface area contributed by atoms with Crippen molar-refractivity contribution in [1.82, 2.24) is 0 Å². The van der Waals surface area contributed by atoms with Gasteiger partial charge in [-0.1, -0.05) is 0 Å². The lowest BCUT2D eigenvalue weighted by molar-refractivity contribution is -0.117. The lowest BCUT2D eigenvalue weighted by Crippen LogP contribution is -2.32. The molecule has 2 N–H and O–H groups in total. The lowest BCUT2D eigenvalue weighted by Gasteiger charge is -2.20. The molecule has 142 valence electrons. The Balaban J connectivity index is 1.67. The van der Waals surface area contributed by atoms with E-state index in [4.69, 9.17) is 0 Å². The Morgan fingerprint density at radius 1 is 1.19 bits per heavy atom. The van der Waals surface area contributed by atoms with Gasteiger partial charge < -0.3 is 15.5 Å². The number of hydrogen-bond acceptors (Lipinski definition) is 3. The van der Waals surface area contributed by atoms with Crippen molar-refractivity contribution in [2.45, 2.75) is 32.7 Å². The first kappa shape index (κ1) is 18.8. The van der Waals surface area contributed by atoms with Gasteiger partial charge in [-0.25, -0.2) is 8.78 Å². The molecule has 1 unspecified atom stereocenters. The molecule has 3 rings (SSSR count). The fraction of sp³-hybridized carbons (Fsp3) is 0.300. The van der Waals surface area contributed by atoms with E-state index in [0.717, 1.165) is 35.9 Å². The van der Waals surface area contributed by atoms with E-state index >= 15 is 0 Å². The van der Waals surface area contributed by atoms with Crippen molar-refractivity contribution in [2.24, 2.45) is 0 Å². The third-order valence-electron chi connectivity index (χ3n) is 4.52. The van der Waals surface area contributed by atoms with Gasteiger partial charge in [0.1, 0.15) is 17.7 Å². The van der Waals surface area contributed by atoms with Gasteiger partial charge in [-0.2, -0.15) is 0 Å². The zero-order valence-corrected chi connectivity index (χ0v) is 15.2. The highest BCUT2D eigenvalue weighted by Crippen LogP contribution is 2.27. The van der Waals surface area contributed by atoms with Crippen molar-refractivity contribution in [1.29, 1.82) is 0 Å². The van der Waals surface area contributed by atoms with Crippen molar-refractivity contribution < 1.29 is 18.4 Å². The van der Waals surface area contributed by atoms with E-state index in [1.54, 1.807) is 17.9 Å². The molecule has 0 aliphatic carbocycles. The molecule has 1 heterocycles. The topological polar surface area (TPSA) is 61.4 Å². The molecule has 1 atom stereocenters.